The summed E-state index contributed by atoms with van der Waals surface area (Å²) in [5.41, 5.74) is 1.51. The first kappa shape index (κ1) is 19.9. The molecule has 0 unspecified atom stereocenters. The average molecular weight is 401 g/mol. The second-order valence-corrected chi connectivity index (χ2v) is 8.08. The molecule has 3 rings (SSSR count). The third kappa shape index (κ3) is 3.60. The molecule has 0 N–H and O–H groups in total. The van der Waals surface area contributed by atoms with Gasteiger partial charge in [0.05, 0.1) is 12.8 Å². The lowest BCUT2D eigenvalue weighted by Gasteiger charge is -2.29. The largest absolute Gasteiger partial charge is 0.497 e. The van der Waals surface area contributed by atoms with Crippen molar-refractivity contribution >= 4 is 33.1 Å². The Bertz CT molecular complexity index is 1030. The number of hydrogen-bond donors (Lipinski definition) is 0. The summed E-state index contributed by atoms with van der Waals surface area (Å²) in [4.78, 5) is 16.3. The lowest BCUT2D eigenvalue weighted by atomic mass is 10.1. The molecule has 0 aromatic heterocycles. The monoisotopic (exact) mass is 401 g/mol. The molecule has 0 saturated heterocycles. The standard InChI is InChI=1S/C20H23N3O4S/c1-5-12-23-14(2)21-28(25,26)19-13-15(6-11-18(19)23)20(24)22(3)16-7-9-17(27-4)10-8-16/h6-11,13H,5,12H2,1-4H3. The van der Waals surface area contributed by atoms with Crippen LogP contribution in [0.4, 0.5) is 11.4 Å². The predicted octanol–water partition coefficient (Wildman–Crippen LogP) is 3.31. The number of sulfonamides is 1. The van der Waals surface area contributed by atoms with Crippen molar-refractivity contribution in [3.05, 3.63) is 48.0 Å². The van der Waals surface area contributed by atoms with Gasteiger partial charge in [-0.25, -0.2) is 0 Å². The molecule has 2 aromatic rings. The molecule has 0 radical (unpaired) electrons. The Labute approximate surface area is 165 Å². The summed E-state index contributed by atoms with van der Waals surface area (Å²) in [6, 6.07) is 11.8. The first-order valence-corrected chi connectivity index (χ1v) is 10.4. The van der Waals surface area contributed by atoms with Gasteiger partial charge in [0.25, 0.3) is 15.9 Å². The summed E-state index contributed by atoms with van der Waals surface area (Å²) < 4.78 is 34.1. The van der Waals surface area contributed by atoms with Crippen LogP contribution in [0.15, 0.2) is 51.8 Å². The molecule has 0 spiro atoms. The molecule has 0 bridgehead atoms. The van der Waals surface area contributed by atoms with Gasteiger partial charge in [-0.15, -0.1) is 4.40 Å². The van der Waals surface area contributed by atoms with Crippen molar-refractivity contribution < 1.29 is 17.9 Å². The molecule has 7 nitrogen and oxygen atoms in total. The highest BCUT2D eigenvalue weighted by Gasteiger charge is 2.30. The summed E-state index contributed by atoms with van der Waals surface area (Å²) in [5, 5.41) is 0. The number of anilines is 2. The number of amidine groups is 1. The molecule has 1 aliphatic rings. The van der Waals surface area contributed by atoms with Gasteiger partial charge in [0, 0.05) is 24.8 Å². The van der Waals surface area contributed by atoms with Crippen molar-refractivity contribution in [1.82, 2.24) is 0 Å². The van der Waals surface area contributed by atoms with E-state index >= 15 is 0 Å². The Hall–Kier alpha value is -2.87. The Kier molecular flexibility index (Phi) is 5.42. The number of amides is 1. The van der Waals surface area contributed by atoms with Gasteiger partial charge in [-0.3, -0.25) is 4.79 Å². The summed E-state index contributed by atoms with van der Waals surface area (Å²) in [6.07, 6.45) is 0.841. The van der Waals surface area contributed by atoms with Crippen LogP contribution in [0.1, 0.15) is 30.6 Å². The van der Waals surface area contributed by atoms with Crippen molar-refractivity contribution in [2.24, 2.45) is 4.40 Å². The van der Waals surface area contributed by atoms with Gasteiger partial charge < -0.3 is 14.5 Å². The molecule has 1 aliphatic heterocycles. The number of methoxy groups -OCH3 is 1. The molecule has 0 atom stereocenters. The van der Waals surface area contributed by atoms with E-state index in [1.165, 1.54) is 11.0 Å². The number of benzene rings is 2. The Morgan fingerprint density at radius 1 is 1.18 bits per heavy atom. The van der Waals surface area contributed by atoms with Crippen LogP contribution in [-0.4, -0.2) is 40.9 Å². The Morgan fingerprint density at radius 3 is 2.46 bits per heavy atom. The zero-order chi connectivity index (χ0) is 20.5. The number of rotatable bonds is 5. The maximum absolute atomic E-state index is 12.9. The lowest BCUT2D eigenvalue weighted by molar-refractivity contribution is 0.0993. The quantitative estimate of drug-likeness (QED) is 0.768. The van der Waals surface area contributed by atoms with E-state index in [0.29, 0.717) is 29.5 Å². The number of hydrogen-bond acceptors (Lipinski definition) is 5. The fourth-order valence-electron chi connectivity index (χ4n) is 3.15. The van der Waals surface area contributed by atoms with Crippen LogP contribution < -0.4 is 14.5 Å². The van der Waals surface area contributed by atoms with Crippen LogP contribution in [0.3, 0.4) is 0 Å². The van der Waals surface area contributed by atoms with Gasteiger partial charge in [0.2, 0.25) is 0 Å². The van der Waals surface area contributed by atoms with Crippen molar-refractivity contribution in [2.45, 2.75) is 25.2 Å². The number of ether oxygens (including phenoxy) is 1. The van der Waals surface area contributed by atoms with Crippen molar-refractivity contribution in [2.75, 3.05) is 30.5 Å². The van der Waals surface area contributed by atoms with E-state index in [2.05, 4.69) is 4.40 Å². The second-order valence-electron chi connectivity index (χ2n) is 6.51. The molecule has 1 heterocycles. The topological polar surface area (TPSA) is 79.3 Å². The fourth-order valence-corrected chi connectivity index (χ4v) is 4.41. The highest BCUT2D eigenvalue weighted by molar-refractivity contribution is 7.90. The van der Waals surface area contributed by atoms with E-state index in [0.717, 1.165) is 6.42 Å². The third-order valence-corrected chi connectivity index (χ3v) is 6.02. The summed E-state index contributed by atoms with van der Waals surface area (Å²) in [5.74, 6) is 0.814. The van der Waals surface area contributed by atoms with Crippen LogP contribution in [0.25, 0.3) is 0 Å². The smallest absolute Gasteiger partial charge is 0.286 e. The molecule has 28 heavy (non-hydrogen) atoms. The minimum atomic E-state index is -3.84. The maximum Gasteiger partial charge on any atom is 0.286 e. The molecule has 0 saturated carbocycles. The van der Waals surface area contributed by atoms with Crippen LogP contribution in [0.5, 0.6) is 5.75 Å². The molecular formula is C20H23N3O4S. The van der Waals surface area contributed by atoms with E-state index < -0.39 is 10.0 Å². The zero-order valence-electron chi connectivity index (χ0n) is 16.3. The number of carbonyl (C=O) groups excluding carboxylic acids is 1. The molecule has 2 aromatic carbocycles. The van der Waals surface area contributed by atoms with E-state index in [9.17, 15) is 13.2 Å². The van der Waals surface area contributed by atoms with Crippen molar-refractivity contribution in [3.8, 4) is 5.75 Å². The SMILES string of the molecule is CCCN1C(C)=NS(=O)(=O)c2cc(C(=O)N(C)c3ccc(OC)cc3)ccc21. The molecular weight excluding hydrogens is 378 g/mol. The van der Waals surface area contributed by atoms with Gasteiger partial charge in [-0.1, -0.05) is 6.92 Å². The van der Waals surface area contributed by atoms with E-state index in [-0.39, 0.29) is 16.4 Å². The van der Waals surface area contributed by atoms with Crippen LogP contribution in [0, 0.1) is 0 Å². The van der Waals surface area contributed by atoms with Gasteiger partial charge in [0.1, 0.15) is 16.5 Å². The highest BCUT2D eigenvalue weighted by atomic mass is 32.2. The van der Waals surface area contributed by atoms with Crippen molar-refractivity contribution in [3.63, 3.8) is 0 Å². The summed E-state index contributed by atoms with van der Waals surface area (Å²) in [7, 11) is -0.623. The van der Waals surface area contributed by atoms with Gasteiger partial charge in [-0.05, 0) is 55.8 Å². The molecule has 148 valence electrons. The minimum absolute atomic E-state index is 0.0560. The van der Waals surface area contributed by atoms with E-state index in [4.69, 9.17) is 4.74 Å². The normalized spacial score (nSPS) is 14.9. The molecule has 8 heteroatoms. The van der Waals surface area contributed by atoms with E-state index in [1.807, 2.05) is 11.8 Å². The second kappa shape index (κ2) is 7.63. The minimum Gasteiger partial charge on any atom is -0.497 e. The number of nitrogens with zero attached hydrogens (tertiary/aromatic N) is 3. The van der Waals surface area contributed by atoms with Crippen LogP contribution in [0.2, 0.25) is 0 Å². The third-order valence-electron chi connectivity index (χ3n) is 4.63. The molecule has 1 amide bonds. The highest BCUT2D eigenvalue weighted by Crippen LogP contribution is 2.33. The molecule has 0 aliphatic carbocycles. The van der Waals surface area contributed by atoms with Gasteiger partial charge in [0.15, 0.2) is 0 Å². The Morgan fingerprint density at radius 2 is 1.86 bits per heavy atom. The van der Waals surface area contributed by atoms with Gasteiger partial charge in [-0.2, -0.15) is 8.42 Å². The first-order chi connectivity index (χ1) is 13.3. The average Bonchev–Trinajstić information content (AvgIpc) is 2.69. The van der Waals surface area contributed by atoms with E-state index in [1.54, 1.807) is 57.5 Å². The zero-order valence-corrected chi connectivity index (χ0v) is 17.2. The Balaban J connectivity index is 1.98. The number of carbonyl (C=O) groups is 1. The van der Waals surface area contributed by atoms with Gasteiger partial charge >= 0.3 is 0 Å². The van der Waals surface area contributed by atoms with Crippen LogP contribution >= 0.6 is 0 Å². The fraction of sp³-hybridized carbons (Fsp3) is 0.300. The summed E-state index contributed by atoms with van der Waals surface area (Å²) in [6.45, 7) is 4.33. The van der Waals surface area contributed by atoms with Crippen molar-refractivity contribution in [1.29, 1.82) is 0 Å². The predicted molar refractivity (Wildman–Crippen MR) is 110 cm³/mol. The van der Waals surface area contributed by atoms with Crippen LogP contribution in [-0.2, 0) is 10.0 Å². The molecule has 0 fully saturated rings. The maximum atomic E-state index is 12.9. The summed E-state index contributed by atoms with van der Waals surface area (Å²) >= 11 is 0. The first-order valence-electron chi connectivity index (χ1n) is 8.93. The number of fused-ring (bicyclic) bond motifs is 1. The lowest BCUT2D eigenvalue weighted by Crippen LogP contribution is -2.35.